The molecule has 0 aliphatic heterocycles. The Labute approximate surface area is 104 Å². The average molecular weight is 265 g/mol. The van der Waals surface area contributed by atoms with Gasteiger partial charge in [0.25, 0.3) is 0 Å². The number of hydrogen-bond acceptors (Lipinski definition) is 3. The highest BCUT2D eigenvalue weighted by Gasteiger charge is 2.27. The van der Waals surface area contributed by atoms with E-state index in [9.17, 15) is 13.2 Å². The van der Waals surface area contributed by atoms with E-state index in [1.807, 2.05) is 17.8 Å². The maximum atomic E-state index is 11.8. The molecular formula is C11H18F3N3O. The number of alkyl halides is 3. The van der Waals surface area contributed by atoms with Crippen molar-refractivity contribution < 1.29 is 17.9 Å². The number of aromatic nitrogens is 2. The highest BCUT2D eigenvalue weighted by Crippen LogP contribution is 2.14. The molecule has 0 amide bonds. The zero-order chi connectivity index (χ0) is 13.6. The lowest BCUT2D eigenvalue weighted by molar-refractivity contribution is -0.174. The minimum Gasteiger partial charge on any atom is -0.372 e. The molecule has 1 heterocycles. The van der Waals surface area contributed by atoms with Gasteiger partial charge in [0.1, 0.15) is 12.4 Å². The molecule has 0 aliphatic carbocycles. The molecular weight excluding hydrogens is 247 g/mol. The van der Waals surface area contributed by atoms with E-state index in [4.69, 9.17) is 5.73 Å². The smallest absolute Gasteiger partial charge is 0.372 e. The number of rotatable bonds is 7. The van der Waals surface area contributed by atoms with Crippen LogP contribution in [0.3, 0.4) is 0 Å². The number of aryl methyl sites for hydroxylation is 2. The third-order valence-electron chi connectivity index (χ3n) is 2.56. The van der Waals surface area contributed by atoms with Crippen LogP contribution >= 0.6 is 0 Å². The fraction of sp³-hybridized carbons (Fsp3) is 0.727. The van der Waals surface area contributed by atoms with Gasteiger partial charge in [-0.05, 0) is 12.8 Å². The summed E-state index contributed by atoms with van der Waals surface area (Å²) >= 11 is 0. The van der Waals surface area contributed by atoms with Crippen molar-refractivity contribution in [1.29, 1.82) is 0 Å². The van der Waals surface area contributed by atoms with Gasteiger partial charge in [-0.1, -0.05) is 0 Å². The molecule has 0 aromatic carbocycles. The molecule has 0 spiro atoms. The van der Waals surface area contributed by atoms with Crippen LogP contribution in [0.4, 0.5) is 13.2 Å². The summed E-state index contributed by atoms with van der Waals surface area (Å²) in [5, 5.41) is 0. The molecule has 7 heteroatoms. The summed E-state index contributed by atoms with van der Waals surface area (Å²) in [6, 6.07) is -0.171. The second-order valence-electron chi connectivity index (χ2n) is 4.21. The lowest BCUT2D eigenvalue weighted by Gasteiger charge is -2.12. The highest BCUT2D eigenvalue weighted by atomic mass is 19.4. The van der Waals surface area contributed by atoms with E-state index in [0.717, 1.165) is 5.82 Å². The van der Waals surface area contributed by atoms with Crippen LogP contribution in [-0.4, -0.2) is 35.0 Å². The number of halogens is 3. The monoisotopic (exact) mass is 265 g/mol. The van der Waals surface area contributed by atoms with Crippen molar-refractivity contribution >= 4 is 0 Å². The Balaban J connectivity index is 2.11. The summed E-state index contributed by atoms with van der Waals surface area (Å²) in [4.78, 5) is 4.14. The second-order valence-corrected chi connectivity index (χ2v) is 4.21. The van der Waals surface area contributed by atoms with Crippen LogP contribution in [0.15, 0.2) is 12.4 Å². The second kappa shape index (κ2) is 6.75. The number of nitrogens with zero attached hydrogens (tertiary/aromatic N) is 2. The summed E-state index contributed by atoms with van der Waals surface area (Å²) in [5.74, 6) is 0.918. The molecule has 1 unspecified atom stereocenters. The van der Waals surface area contributed by atoms with Gasteiger partial charge in [-0.3, -0.25) is 0 Å². The van der Waals surface area contributed by atoms with E-state index in [2.05, 4.69) is 9.72 Å². The summed E-state index contributed by atoms with van der Waals surface area (Å²) in [6.07, 6.45) is 1.09. The summed E-state index contributed by atoms with van der Waals surface area (Å²) < 4.78 is 41.8. The Morgan fingerprint density at radius 3 is 2.72 bits per heavy atom. The van der Waals surface area contributed by atoms with Crippen molar-refractivity contribution in [1.82, 2.24) is 9.55 Å². The number of imidazole rings is 1. The van der Waals surface area contributed by atoms with Crippen molar-refractivity contribution in [2.75, 3.05) is 13.2 Å². The van der Waals surface area contributed by atoms with Gasteiger partial charge in [-0.2, -0.15) is 13.2 Å². The zero-order valence-corrected chi connectivity index (χ0v) is 10.3. The van der Waals surface area contributed by atoms with Crippen molar-refractivity contribution in [2.45, 2.75) is 31.5 Å². The van der Waals surface area contributed by atoms with Crippen LogP contribution in [0.1, 0.15) is 18.7 Å². The summed E-state index contributed by atoms with van der Waals surface area (Å²) in [6.45, 7) is -1.18. The van der Waals surface area contributed by atoms with Gasteiger partial charge >= 0.3 is 6.18 Å². The lowest BCUT2D eigenvalue weighted by atomic mass is 10.1. The molecule has 1 rings (SSSR count). The Bertz CT molecular complexity index is 352. The normalized spacial score (nSPS) is 13.8. The van der Waals surface area contributed by atoms with Gasteiger partial charge < -0.3 is 15.0 Å². The van der Waals surface area contributed by atoms with Gasteiger partial charge in [0.15, 0.2) is 0 Å². The first kappa shape index (κ1) is 15.0. The van der Waals surface area contributed by atoms with Crippen LogP contribution in [-0.2, 0) is 18.2 Å². The first-order valence-corrected chi connectivity index (χ1v) is 5.75. The Morgan fingerprint density at radius 2 is 2.17 bits per heavy atom. The minimum absolute atomic E-state index is 0.0290. The Hall–Kier alpha value is -1.08. The molecule has 0 saturated carbocycles. The SMILES string of the molecule is Cn1ccnc1CCC(N)CCOCC(F)(F)F. The van der Waals surface area contributed by atoms with E-state index < -0.39 is 12.8 Å². The third-order valence-corrected chi connectivity index (χ3v) is 2.56. The number of ether oxygens (including phenoxy) is 1. The van der Waals surface area contributed by atoms with Crippen LogP contribution in [0.25, 0.3) is 0 Å². The zero-order valence-electron chi connectivity index (χ0n) is 10.3. The predicted octanol–water partition coefficient (Wildman–Crippen LogP) is 1.65. The van der Waals surface area contributed by atoms with Gasteiger partial charge in [-0.25, -0.2) is 4.98 Å². The van der Waals surface area contributed by atoms with Crippen LogP contribution in [0.2, 0.25) is 0 Å². The Kier molecular flexibility index (Phi) is 5.61. The average Bonchev–Trinajstić information content (AvgIpc) is 2.66. The fourth-order valence-electron chi connectivity index (χ4n) is 1.52. The molecule has 104 valence electrons. The molecule has 0 bridgehead atoms. The van der Waals surface area contributed by atoms with Gasteiger partial charge in [0, 0.05) is 38.5 Å². The van der Waals surface area contributed by atoms with Gasteiger partial charge in [-0.15, -0.1) is 0 Å². The molecule has 0 fully saturated rings. The molecule has 2 N–H and O–H groups in total. The molecule has 4 nitrogen and oxygen atoms in total. The molecule has 1 aromatic heterocycles. The third kappa shape index (κ3) is 6.02. The summed E-state index contributed by atoms with van der Waals surface area (Å²) in [5.41, 5.74) is 5.79. The van der Waals surface area contributed by atoms with E-state index >= 15 is 0 Å². The molecule has 0 radical (unpaired) electrons. The molecule has 1 aromatic rings. The van der Waals surface area contributed by atoms with Crippen LogP contribution in [0.5, 0.6) is 0 Å². The fourth-order valence-corrected chi connectivity index (χ4v) is 1.52. The lowest BCUT2D eigenvalue weighted by Crippen LogP contribution is -2.25. The maximum absolute atomic E-state index is 11.8. The predicted molar refractivity (Wildman–Crippen MR) is 61.0 cm³/mol. The van der Waals surface area contributed by atoms with Crippen LogP contribution < -0.4 is 5.73 Å². The van der Waals surface area contributed by atoms with Crippen molar-refractivity contribution in [3.63, 3.8) is 0 Å². The first-order chi connectivity index (χ1) is 8.38. The van der Waals surface area contributed by atoms with Crippen molar-refractivity contribution in [3.05, 3.63) is 18.2 Å². The van der Waals surface area contributed by atoms with Crippen molar-refractivity contribution in [2.24, 2.45) is 12.8 Å². The maximum Gasteiger partial charge on any atom is 0.411 e. The molecule has 1 atom stereocenters. The molecule has 18 heavy (non-hydrogen) atoms. The standard InChI is InChI=1S/C11H18F3N3O/c1-17-6-5-16-10(17)3-2-9(15)4-7-18-8-11(12,13)14/h5-6,9H,2-4,7-8,15H2,1H3. The van der Waals surface area contributed by atoms with E-state index in [1.54, 1.807) is 6.20 Å². The largest absolute Gasteiger partial charge is 0.411 e. The van der Waals surface area contributed by atoms with Crippen molar-refractivity contribution in [3.8, 4) is 0 Å². The molecule has 0 saturated heterocycles. The topological polar surface area (TPSA) is 53.1 Å². The Morgan fingerprint density at radius 1 is 1.44 bits per heavy atom. The van der Waals surface area contributed by atoms with Gasteiger partial charge in [0.2, 0.25) is 0 Å². The quantitative estimate of drug-likeness (QED) is 0.763. The summed E-state index contributed by atoms with van der Waals surface area (Å²) in [7, 11) is 1.89. The van der Waals surface area contributed by atoms with E-state index in [1.165, 1.54) is 0 Å². The number of hydrogen-bond donors (Lipinski definition) is 1. The number of nitrogens with two attached hydrogens (primary N) is 1. The van der Waals surface area contributed by atoms with E-state index in [0.29, 0.717) is 19.3 Å². The van der Waals surface area contributed by atoms with Gasteiger partial charge in [0.05, 0.1) is 0 Å². The van der Waals surface area contributed by atoms with Crippen LogP contribution in [0, 0.1) is 0 Å². The molecule has 0 aliphatic rings. The van der Waals surface area contributed by atoms with E-state index in [-0.39, 0.29) is 12.6 Å². The highest BCUT2D eigenvalue weighted by molar-refractivity contribution is 4.91. The minimum atomic E-state index is -4.27. The first-order valence-electron chi connectivity index (χ1n) is 5.75.